The van der Waals surface area contributed by atoms with E-state index in [4.69, 9.17) is 27.9 Å². The molecule has 0 amide bonds. The van der Waals surface area contributed by atoms with Crippen LogP contribution in [-0.2, 0) is 24.5 Å². The van der Waals surface area contributed by atoms with Crippen molar-refractivity contribution in [3.8, 4) is 0 Å². The number of aliphatic hydroxyl groups excluding tert-OH is 1. The van der Waals surface area contributed by atoms with Gasteiger partial charge in [0.25, 0.3) is 0 Å². The van der Waals surface area contributed by atoms with Gasteiger partial charge in [-0.1, -0.05) is 35.3 Å². The third kappa shape index (κ3) is 3.28. The number of hydrogen-bond donors (Lipinski definition) is 1. The predicted molar refractivity (Wildman–Crippen MR) is 74.4 cm³/mol. The monoisotopic (exact) mass is 300 g/mol. The molecule has 2 rings (SSSR count). The molecule has 1 aromatic carbocycles. The summed E-state index contributed by atoms with van der Waals surface area (Å²) in [6, 6.07) is 7.48. The van der Waals surface area contributed by atoms with Gasteiger partial charge in [0.05, 0.1) is 25.5 Å². The summed E-state index contributed by atoms with van der Waals surface area (Å²) < 4.78 is 6.67. The quantitative estimate of drug-likeness (QED) is 0.923. The summed E-state index contributed by atoms with van der Waals surface area (Å²) in [4.78, 5) is 0. The molecule has 1 heterocycles. The Labute approximate surface area is 121 Å². The molecule has 0 bridgehead atoms. The summed E-state index contributed by atoms with van der Waals surface area (Å²) in [5.41, 5.74) is 2.24. The smallest absolute Gasteiger partial charge is 0.133 e. The Morgan fingerprint density at radius 3 is 2.79 bits per heavy atom. The van der Waals surface area contributed by atoms with Crippen LogP contribution < -0.4 is 0 Å². The molecule has 0 fully saturated rings. The Kier molecular flexibility index (Phi) is 4.82. The van der Waals surface area contributed by atoms with Gasteiger partial charge in [-0.3, -0.25) is 0 Å². The normalized spacial score (nSPS) is 10.9. The Hall–Kier alpha value is -1.07. The van der Waals surface area contributed by atoms with Crippen molar-refractivity contribution in [2.75, 3.05) is 7.11 Å². The molecule has 0 unspecified atom stereocenters. The molecule has 19 heavy (non-hydrogen) atoms. The van der Waals surface area contributed by atoms with E-state index in [0.717, 1.165) is 5.56 Å². The lowest BCUT2D eigenvalue weighted by molar-refractivity contribution is 0.177. The number of ether oxygens (including phenoxy) is 1. The average Bonchev–Trinajstić information content (AvgIpc) is 2.66. The molecule has 0 spiro atoms. The number of halogens is 2. The molecule has 4 nitrogen and oxygen atoms in total. The molecule has 0 aliphatic heterocycles. The van der Waals surface area contributed by atoms with Crippen LogP contribution in [-0.4, -0.2) is 22.0 Å². The van der Waals surface area contributed by atoms with Crippen molar-refractivity contribution in [1.82, 2.24) is 9.78 Å². The minimum atomic E-state index is -0.160. The van der Waals surface area contributed by atoms with E-state index in [-0.39, 0.29) is 6.61 Å². The second-order valence-corrected chi connectivity index (χ2v) is 4.89. The van der Waals surface area contributed by atoms with Crippen molar-refractivity contribution in [2.24, 2.45) is 0 Å². The van der Waals surface area contributed by atoms with Gasteiger partial charge in [-0.15, -0.1) is 0 Å². The zero-order chi connectivity index (χ0) is 13.8. The summed E-state index contributed by atoms with van der Waals surface area (Å²) in [6.07, 6.45) is 0. The highest BCUT2D eigenvalue weighted by Gasteiger charge is 2.15. The van der Waals surface area contributed by atoms with Gasteiger partial charge in [0.15, 0.2) is 0 Å². The maximum Gasteiger partial charge on any atom is 0.133 e. The maximum atomic E-state index is 9.33. The van der Waals surface area contributed by atoms with E-state index in [2.05, 4.69) is 5.10 Å². The number of hydrogen-bond acceptors (Lipinski definition) is 3. The first-order valence-electron chi connectivity index (χ1n) is 5.74. The zero-order valence-corrected chi connectivity index (χ0v) is 11.9. The molecule has 0 atom stereocenters. The Bertz CT molecular complexity index is 570. The molecule has 1 aromatic heterocycles. The van der Waals surface area contributed by atoms with Gasteiger partial charge in [-0.2, -0.15) is 5.10 Å². The number of aromatic nitrogens is 2. The number of aliphatic hydroxyl groups is 1. The van der Waals surface area contributed by atoms with Crippen LogP contribution in [0, 0.1) is 0 Å². The fourth-order valence-electron chi connectivity index (χ4n) is 1.85. The minimum absolute atomic E-state index is 0.160. The standard InChI is InChI=1S/C13H14Cl2N2O2/c1-19-8-12-11(7-18)13(15)17(16-12)6-9-3-2-4-10(14)5-9/h2-5,18H,6-8H2,1H3. The zero-order valence-electron chi connectivity index (χ0n) is 10.4. The van der Waals surface area contributed by atoms with Gasteiger partial charge in [0.2, 0.25) is 0 Å². The van der Waals surface area contributed by atoms with E-state index < -0.39 is 0 Å². The van der Waals surface area contributed by atoms with Crippen LogP contribution in [0.2, 0.25) is 10.2 Å². The van der Waals surface area contributed by atoms with Gasteiger partial charge >= 0.3 is 0 Å². The van der Waals surface area contributed by atoms with Crippen molar-refractivity contribution >= 4 is 23.2 Å². The molecular formula is C13H14Cl2N2O2. The molecule has 0 saturated heterocycles. The summed E-state index contributed by atoms with van der Waals surface area (Å²) >= 11 is 12.1. The van der Waals surface area contributed by atoms with E-state index in [9.17, 15) is 5.11 Å². The van der Waals surface area contributed by atoms with Gasteiger partial charge < -0.3 is 9.84 Å². The SMILES string of the molecule is COCc1nn(Cc2cccc(Cl)c2)c(Cl)c1CO. The van der Waals surface area contributed by atoms with Crippen molar-refractivity contribution in [3.63, 3.8) is 0 Å². The lowest BCUT2D eigenvalue weighted by Gasteiger charge is -2.04. The lowest BCUT2D eigenvalue weighted by Crippen LogP contribution is -2.02. The van der Waals surface area contributed by atoms with Crippen molar-refractivity contribution in [2.45, 2.75) is 19.8 Å². The molecule has 0 saturated carbocycles. The second-order valence-electron chi connectivity index (χ2n) is 4.09. The number of rotatable bonds is 5. The van der Waals surface area contributed by atoms with Crippen LogP contribution in [0.4, 0.5) is 0 Å². The van der Waals surface area contributed by atoms with E-state index in [1.165, 1.54) is 0 Å². The molecule has 6 heteroatoms. The molecule has 0 radical (unpaired) electrons. The van der Waals surface area contributed by atoms with Crippen LogP contribution in [0.3, 0.4) is 0 Å². The average molecular weight is 301 g/mol. The van der Waals surface area contributed by atoms with Gasteiger partial charge in [-0.05, 0) is 17.7 Å². The molecule has 1 N–H and O–H groups in total. The molecule has 2 aromatic rings. The third-order valence-corrected chi connectivity index (χ3v) is 3.38. The van der Waals surface area contributed by atoms with Crippen molar-refractivity contribution in [3.05, 3.63) is 51.3 Å². The van der Waals surface area contributed by atoms with E-state index in [1.807, 2.05) is 24.3 Å². The summed E-state index contributed by atoms with van der Waals surface area (Å²) in [7, 11) is 1.57. The summed E-state index contributed by atoms with van der Waals surface area (Å²) in [5, 5.41) is 14.8. The van der Waals surface area contributed by atoms with E-state index in [0.29, 0.717) is 34.6 Å². The Balaban J connectivity index is 2.30. The van der Waals surface area contributed by atoms with Gasteiger partial charge in [-0.25, -0.2) is 4.68 Å². The fourth-order valence-corrected chi connectivity index (χ4v) is 2.33. The molecule has 0 aliphatic carbocycles. The molecule has 0 aliphatic rings. The highest BCUT2D eigenvalue weighted by Crippen LogP contribution is 2.22. The van der Waals surface area contributed by atoms with E-state index >= 15 is 0 Å². The number of methoxy groups -OCH3 is 1. The fraction of sp³-hybridized carbons (Fsp3) is 0.308. The van der Waals surface area contributed by atoms with Crippen molar-refractivity contribution in [1.29, 1.82) is 0 Å². The van der Waals surface area contributed by atoms with Crippen LogP contribution in [0.1, 0.15) is 16.8 Å². The van der Waals surface area contributed by atoms with Crippen LogP contribution >= 0.6 is 23.2 Å². The maximum absolute atomic E-state index is 9.33. The predicted octanol–water partition coefficient (Wildman–Crippen LogP) is 2.88. The Morgan fingerprint density at radius 2 is 2.16 bits per heavy atom. The minimum Gasteiger partial charge on any atom is -0.391 e. The second kappa shape index (κ2) is 6.39. The molecule has 102 valence electrons. The summed E-state index contributed by atoms with van der Waals surface area (Å²) in [6.45, 7) is 0.654. The number of benzene rings is 1. The van der Waals surface area contributed by atoms with Crippen molar-refractivity contribution < 1.29 is 9.84 Å². The van der Waals surface area contributed by atoms with E-state index in [1.54, 1.807) is 11.8 Å². The topological polar surface area (TPSA) is 47.3 Å². The summed E-state index contributed by atoms with van der Waals surface area (Å²) in [5.74, 6) is 0. The lowest BCUT2D eigenvalue weighted by atomic mass is 10.2. The first-order valence-corrected chi connectivity index (χ1v) is 6.49. The highest BCUT2D eigenvalue weighted by molar-refractivity contribution is 6.30. The molecular weight excluding hydrogens is 287 g/mol. The van der Waals surface area contributed by atoms with Crippen LogP contribution in [0.5, 0.6) is 0 Å². The largest absolute Gasteiger partial charge is 0.391 e. The first-order chi connectivity index (χ1) is 9.15. The number of nitrogens with zero attached hydrogens (tertiary/aromatic N) is 2. The Morgan fingerprint density at radius 1 is 1.37 bits per heavy atom. The van der Waals surface area contributed by atoms with Gasteiger partial charge in [0.1, 0.15) is 5.15 Å². The van der Waals surface area contributed by atoms with Crippen LogP contribution in [0.15, 0.2) is 24.3 Å². The van der Waals surface area contributed by atoms with Gasteiger partial charge in [0, 0.05) is 17.7 Å². The highest BCUT2D eigenvalue weighted by atomic mass is 35.5. The van der Waals surface area contributed by atoms with Crippen LogP contribution in [0.25, 0.3) is 0 Å². The first kappa shape index (κ1) is 14.3. The third-order valence-electron chi connectivity index (χ3n) is 2.73.